The summed E-state index contributed by atoms with van der Waals surface area (Å²) in [5.41, 5.74) is 3.96. The van der Waals surface area contributed by atoms with E-state index < -0.39 is 0 Å². The zero-order valence-corrected chi connectivity index (χ0v) is 16.5. The molecular weight excluding hydrogens is 374 g/mol. The first-order chi connectivity index (χ1) is 14.7. The Morgan fingerprint density at radius 3 is 2.40 bits per heavy atom. The fraction of sp³-hybridized carbons (Fsp3) is 0.160. The Kier molecular flexibility index (Phi) is 4.64. The molecule has 0 bridgehead atoms. The minimum atomic E-state index is -0.310. The summed E-state index contributed by atoms with van der Waals surface area (Å²) in [5.74, 6) is -0.310. The third kappa shape index (κ3) is 3.18. The van der Waals surface area contributed by atoms with E-state index in [2.05, 4.69) is 16.5 Å². The molecule has 1 N–H and O–H groups in total. The first-order valence-electron chi connectivity index (χ1n) is 10.2. The Labute approximate surface area is 174 Å². The summed E-state index contributed by atoms with van der Waals surface area (Å²) in [6.45, 7) is 0. The van der Waals surface area contributed by atoms with Gasteiger partial charge in [-0.1, -0.05) is 48.5 Å². The van der Waals surface area contributed by atoms with Crippen molar-refractivity contribution in [1.29, 1.82) is 0 Å². The second kappa shape index (κ2) is 7.59. The first kappa shape index (κ1) is 18.3. The smallest absolute Gasteiger partial charge is 0.279 e. The third-order valence-electron chi connectivity index (χ3n) is 5.66. The molecule has 0 saturated heterocycles. The van der Waals surface area contributed by atoms with Crippen LogP contribution < -0.4 is 10.9 Å². The fourth-order valence-electron chi connectivity index (χ4n) is 4.18. The number of benzene rings is 3. The molecule has 1 aromatic heterocycles. The Balaban J connectivity index is 1.63. The average Bonchev–Trinajstić information content (AvgIpc) is 2.80. The fourth-order valence-corrected chi connectivity index (χ4v) is 4.18. The predicted octanol–water partition coefficient (Wildman–Crippen LogP) is 4.52. The number of rotatable bonds is 3. The van der Waals surface area contributed by atoms with Crippen LogP contribution in [0.1, 0.15) is 34.5 Å². The van der Waals surface area contributed by atoms with Crippen LogP contribution in [0, 0.1) is 0 Å². The molecule has 0 saturated carbocycles. The van der Waals surface area contributed by atoms with Crippen LogP contribution in [0.25, 0.3) is 16.5 Å². The maximum Gasteiger partial charge on any atom is 0.279 e. The lowest BCUT2D eigenvalue weighted by Crippen LogP contribution is -2.26. The number of aromatic nitrogens is 2. The molecule has 30 heavy (non-hydrogen) atoms. The van der Waals surface area contributed by atoms with Crippen molar-refractivity contribution in [3.05, 3.63) is 100.0 Å². The van der Waals surface area contributed by atoms with Gasteiger partial charge in [0.25, 0.3) is 11.5 Å². The lowest BCUT2D eigenvalue weighted by atomic mass is 9.90. The van der Waals surface area contributed by atoms with Crippen LogP contribution >= 0.6 is 0 Å². The van der Waals surface area contributed by atoms with Crippen LogP contribution in [0.2, 0.25) is 0 Å². The number of amides is 1. The Morgan fingerprint density at radius 2 is 1.57 bits per heavy atom. The zero-order chi connectivity index (χ0) is 20.5. The van der Waals surface area contributed by atoms with Gasteiger partial charge in [-0.3, -0.25) is 9.59 Å². The van der Waals surface area contributed by atoms with E-state index in [0.29, 0.717) is 16.5 Å². The number of para-hydroxylation sites is 1. The molecule has 5 nitrogen and oxygen atoms in total. The van der Waals surface area contributed by atoms with Gasteiger partial charge < -0.3 is 5.32 Å². The van der Waals surface area contributed by atoms with Crippen molar-refractivity contribution in [2.45, 2.75) is 25.7 Å². The Bertz CT molecular complexity index is 1310. The third-order valence-corrected chi connectivity index (χ3v) is 5.66. The SMILES string of the molecule is O=C(Nc1cccc2c1CCCC2)c1nn(-c2ccccc2)c(=O)c2ccccc12. The monoisotopic (exact) mass is 395 g/mol. The number of carbonyl (C=O) groups is 1. The number of fused-ring (bicyclic) bond motifs is 2. The van der Waals surface area contributed by atoms with E-state index in [9.17, 15) is 9.59 Å². The molecule has 0 radical (unpaired) electrons. The van der Waals surface area contributed by atoms with Crippen LogP contribution in [0.4, 0.5) is 5.69 Å². The lowest BCUT2D eigenvalue weighted by molar-refractivity contribution is 0.102. The van der Waals surface area contributed by atoms with E-state index in [1.54, 1.807) is 30.3 Å². The molecule has 1 aliphatic carbocycles. The second-order valence-corrected chi connectivity index (χ2v) is 7.55. The number of aryl methyl sites for hydroxylation is 1. The van der Waals surface area contributed by atoms with Crippen LogP contribution in [0.5, 0.6) is 0 Å². The summed E-state index contributed by atoms with van der Waals surface area (Å²) in [4.78, 5) is 26.3. The van der Waals surface area contributed by atoms with E-state index in [-0.39, 0.29) is 17.2 Å². The molecule has 0 fully saturated rings. The van der Waals surface area contributed by atoms with Crippen LogP contribution in [-0.2, 0) is 12.8 Å². The quantitative estimate of drug-likeness (QED) is 0.555. The normalized spacial score (nSPS) is 13.1. The lowest BCUT2D eigenvalue weighted by Gasteiger charge is -2.19. The van der Waals surface area contributed by atoms with Crippen LogP contribution in [0.3, 0.4) is 0 Å². The second-order valence-electron chi connectivity index (χ2n) is 7.55. The van der Waals surface area contributed by atoms with Crippen molar-refractivity contribution in [1.82, 2.24) is 9.78 Å². The van der Waals surface area contributed by atoms with E-state index >= 15 is 0 Å². The van der Waals surface area contributed by atoms with Crippen LogP contribution in [0.15, 0.2) is 77.6 Å². The minimum absolute atomic E-state index is 0.238. The van der Waals surface area contributed by atoms with E-state index in [1.165, 1.54) is 22.2 Å². The van der Waals surface area contributed by atoms with Gasteiger partial charge >= 0.3 is 0 Å². The topological polar surface area (TPSA) is 64.0 Å². The Morgan fingerprint density at radius 1 is 0.833 bits per heavy atom. The van der Waals surface area contributed by atoms with Crippen molar-refractivity contribution in [2.75, 3.05) is 5.32 Å². The molecule has 0 atom stereocenters. The van der Waals surface area contributed by atoms with Gasteiger partial charge in [0.15, 0.2) is 5.69 Å². The number of anilines is 1. The highest BCUT2D eigenvalue weighted by atomic mass is 16.2. The van der Waals surface area contributed by atoms with E-state index in [0.717, 1.165) is 24.9 Å². The summed E-state index contributed by atoms with van der Waals surface area (Å²) in [7, 11) is 0. The zero-order valence-electron chi connectivity index (χ0n) is 16.5. The number of nitrogens with one attached hydrogen (secondary N) is 1. The molecule has 0 aliphatic heterocycles. The predicted molar refractivity (Wildman–Crippen MR) is 118 cm³/mol. The number of nitrogens with zero attached hydrogens (tertiary/aromatic N) is 2. The summed E-state index contributed by atoms with van der Waals surface area (Å²) in [6.07, 6.45) is 4.31. The van der Waals surface area contributed by atoms with Gasteiger partial charge in [0, 0.05) is 11.1 Å². The molecular formula is C25H21N3O2. The van der Waals surface area contributed by atoms with Crippen LogP contribution in [-0.4, -0.2) is 15.7 Å². The minimum Gasteiger partial charge on any atom is -0.320 e. The molecule has 3 aromatic carbocycles. The molecule has 5 rings (SSSR count). The average molecular weight is 395 g/mol. The Hall–Kier alpha value is -3.73. The molecule has 1 heterocycles. The van der Waals surface area contributed by atoms with Gasteiger partial charge in [-0.15, -0.1) is 0 Å². The first-order valence-corrected chi connectivity index (χ1v) is 10.2. The maximum atomic E-state index is 13.3. The van der Waals surface area contributed by atoms with Gasteiger partial charge in [-0.25, -0.2) is 0 Å². The van der Waals surface area contributed by atoms with Crippen molar-refractivity contribution in [3.63, 3.8) is 0 Å². The van der Waals surface area contributed by atoms with Gasteiger partial charge in [-0.05, 0) is 61.1 Å². The number of carbonyl (C=O) groups excluding carboxylic acids is 1. The van der Waals surface area contributed by atoms with E-state index in [4.69, 9.17) is 0 Å². The van der Waals surface area contributed by atoms with Gasteiger partial charge in [0.1, 0.15) is 0 Å². The molecule has 148 valence electrons. The van der Waals surface area contributed by atoms with Crippen molar-refractivity contribution < 1.29 is 4.79 Å². The molecule has 5 heteroatoms. The van der Waals surface area contributed by atoms with Crippen molar-refractivity contribution >= 4 is 22.4 Å². The molecule has 0 spiro atoms. The summed E-state index contributed by atoms with van der Waals surface area (Å²) in [6, 6.07) is 22.4. The summed E-state index contributed by atoms with van der Waals surface area (Å²) >= 11 is 0. The van der Waals surface area contributed by atoms with Crippen molar-refractivity contribution in [3.8, 4) is 5.69 Å². The largest absolute Gasteiger partial charge is 0.320 e. The highest BCUT2D eigenvalue weighted by Gasteiger charge is 2.20. The number of hydrogen-bond acceptors (Lipinski definition) is 3. The molecule has 0 unspecified atom stereocenters. The highest BCUT2D eigenvalue weighted by molar-refractivity contribution is 6.11. The van der Waals surface area contributed by atoms with Gasteiger partial charge in [0.2, 0.25) is 0 Å². The summed E-state index contributed by atoms with van der Waals surface area (Å²) < 4.78 is 1.30. The summed E-state index contributed by atoms with van der Waals surface area (Å²) in [5, 5.41) is 8.55. The highest BCUT2D eigenvalue weighted by Crippen LogP contribution is 2.28. The van der Waals surface area contributed by atoms with E-state index in [1.807, 2.05) is 36.4 Å². The molecule has 1 aliphatic rings. The maximum absolute atomic E-state index is 13.3. The standard InChI is InChI=1S/C25H21N3O2/c29-24(26-22-16-8-10-17-9-4-5-13-19(17)22)23-20-14-6-7-15-21(20)25(30)28(27-23)18-11-2-1-3-12-18/h1-3,6-8,10-12,14-16H,4-5,9,13H2,(H,26,29). The molecule has 4 aromatic rings. The van der Waals surface area contributed by atoms with Crippen molar-refractivity contribution in [2.24, 2.45) is 0 Å². The number of hydrogen-bond donors (Lipinski definition) is 1. The van der Waals surface area contributed by atoms with Gasteiger partial charge in [-0.2, -0.15) is 9.78 Å². The molecule has 1 amide bonds. The van der Waals surface area contributed by atoms with Gasteiger partial charge in [0.05, 0.1) is 11.1 Å².